The lowest BCUT2D eigenvalue weighted by Crippen LogP contribution is -2.09. The predicted octanol–water partition coefficient (Wildman–Crippen LogP) is 2.57. The van der Waals surface area contributed by atoms with Crippen molar-refractivity contribution < 1.29 is 4.79 Å². The molecule has 0 radical (unpaired) electrons. The largest absolute Gasteiger partial charge is 0.370 e. The van der Waals surface area contributed by atoms with Gasteiger partial charge in [0, 0.05) is 6.42 Å². The smallest absolute Gasteiger partial charge is 0.217 e. The molecular formula is C10H21NOS. The number of carbonyl (C=O) groups excluding carboxylic acids is 1. The van der Waals surface area contributed by atoms with Crippen molar-refractivity contribution >= 4 is 17.7 Å². The molecule has 0 aliphatic carbocycles. The molecule has 0 unspecified atom stereocenters. The minimum Gasteiger partial charge on any atom is -0.370 e. The van der Waals surface area contributed by atoms with Crippen LogP contribution in [0.15, 0.2) is 0 Å². The molecule has 0 saturated carbocycles. The van der Waals surface area contributed by atoms with Gasteiger partial charge >= 0.3 is 0 Å². The lowest BCUT2D eigenvalue weighted by molar-refractivity contribution is -0.118. The van der Waals surface area contributed by atoms with Gasteiger partial charge in [0.05, 0.1) is 0 Å². The molecule has 0 spiro atoms. The van der Waals surface area contributed by atoms with Gasteiger partial charge in [-0.1, -0.05) is 25.7 Å². The van der Waals surface area contributed by atoms with Crippen molar-refractivity contribution in [2.45, 2.75) is 44.9 Å². The number of hydrogen-bond donors (Lipinski definition) is 1. The molecule has 2 N–H and O–H groups in total. The summed E-state index contributed by atoms with van der Waals surface area (Å²) in [7, 11) is 0. The van der Waals surface area contributed by atoms with Crippen molar-refractivity contribution in [1.29, 1.82) is 0 Å². The van der Waals surface area contributed by atoms with E-state index in [-0.39, 0.29) is 5.91 Å². The lowest BCUT2D eigenvalue weighted by atomic mass is 10.1. The molecule has 0 fully saturated rings. The summed E-state index contributed by atoms with van der Waals surface area (Å²) in [4.78, 5) is 10.4. The lowest BCUT2D eigenvalue weighted by Gasteiger charge is -1.99. The van der Waals surface area contributed by atoms with Crippen molar-refractivity contribution in [2.24, 2.45) is 5.73 Å². The van der Waals surface area contributed by atoms with E-state index >= 15 is 0 Å². The Morgan fingerprint density at radius 2 is 1.62 bits per heavy atom. The van der Waals surface area contributed by atoms with E-state index in [1.807, 2.05) is 11.8 Å². The van der Waals surface area contributed by atoms with Gasteiger partial charge in [-0.05, 0) is 24.9 Å². The van der Waals surface area contributed by atoms with Gasteiger partial charge in [-0.15, -0.1) is 0 Å². The topological polar surface area (TPSA) is 43.1 Å². The van der Waals surface area contributed by atoms with Gasteiger partial charge in [0.25, 0.3) is 0 Å². The number of rotatable bonds is 9. The SMILES string of the molecule is CSCCCCCCCCC(N)=O. The molecule has 0 heterocycles. The van der Waals surface area contributed by atoms with Crippen LogP contribution >= 0.6 is 11.8 Å². The third-order valence-electron chi connectivity index (χ3n) is 2.02. The minimum atomic E-state index is -0.164. The fourth-order valence-electron chi connectivity index (χ4n) is 1.25. The maximum Gasteiger partial charge on any atom is 0.217 e. The summed E-state index contributed by atoms with van der Waals surface area (Å²) in [6, 6.07) is 0. The molecule has 0 rings (SSSR count). The van der Waals surface area contributed by atoms with Crippen LogP contribution in [-0.4, -0.2) is 17.9 Å². The van der Waals surface area contributed by atoms with Crippen LogP contribution in [0.25, 0.3) is 0 Å². The summed E-state index contributed by atoms with van der Waals surface area (Å²) in [6.45, 7) is 0. The van der Waals surface area contributed by atoms with Gasteiger partial charge in [-0.25, -0.2) is 0 Å². The standard InChI is InChI=1S/C10H21NOS/c1-13-9-7-5-3-2-4-6-8-10(11)12/h2-9H2,1H3,(H2,11,12). The van der Waals surface area contributed by atoms with E-state index in [4.69, 9.17) is 5.73 Å². The summed E-state index contributed by atoms with van der Waals surface area (Å²) in [5.41, 5.74) is 5.03. The second kappa shape index (κ2) is 9.90. The van der Waals surface area contributed by atoms with Gasteiger partial charge < -0.3 is 5.73 Å². The molecule has 78 valence electrons. The molecule has 0 aliphatic rings. The van der Waals surface area contributed by atoms with Crippen LogP contribution in [0, 0.1) is 0 Å². The second-order valence-electron chi connectivity index (χ2n) is 3.33. The monoisotopic (exact) mass is 203 g/mol. The van der Waals surface area contributed by atoms with Gasteiger partial charge in [0.1, 0.15) is 0 Å². The van der Waals surface area contributed by atoms with E-state index in [1.165, 1.54) is 31.4 Å². The highest BCUT2D eigenvalue weighted by Gasteiger charge is 1.94. The molecule has 2 nitrogen and oxygen atoms in total. The number of primary amides is 1. The summed E-state index contributed by atoms with van der Waals surface area (Å²) >= 11 is 1.91. The van der Waals surface area contributed by atoms with Crippen molar-refractivity contribution in [3.63, 3.8) is 0 Å². The molecule has 1 amide bonds. The molecule has 13 heavy (non-hydrogen) atoms. The zero-order chi connectivity index (χ0) is 9.94. The number of thioether (sulfide) groups is 1. The van der Waals surface area contributed by atoms with E-state index < -0.39 is 0 Å². The van der Waals surface area contributed by atoms with Gasteiger partial charge in [0.2, 0.25) is 5.91 Å². The first-order chi connectivity index (χ1) is 6.27. The highest BCUT2D eigenvalue weighted by molar-refractivity contribution is 7.98. The highest BCUT2D eigenvalue weighted by Crippen LogP contribution is 2.08. The molecule has 0 aliphatic heterocycles. The molecular weight excluding hydrogens is 182 g/mol. The highest BCUT2D eigenvalue weighted by atomic mass is 32.2. The predicted molar refractivity (Wildman–Crippen MR) is 59.9 cm³/mol. The summed E-state index contributed by atoms with van der Waals surface area (Å²) in [5.74, 6) is 1.11. The van der Waals surface area contributed by atoms with E-state index in [2.05, 4.69) is 6.26 Å². The third-order valence-corrected chi connectivity index (χ3v) is 2.72. The Hall–Kier alpha value is -0.180. The molecule has 0 bridgehead atoms. The quantitative estimate of drug-likeness (QED) is 0.585. The van der Waals surface area contributed by atoms with Crippen molar-refractivity contribution in [3.05, 3.63) is 0 Å². The second-order valence-corrected chi connectivity index (χ2v) is 4.32. The first-order valence-corrected chi connectivity index (χ1v) is 6.44. The zero-order valence-electron chi connectivity index (χ0n) is 8.55. The minimum absolute atomic E-state index is 0.164. The van der Waals surface area contributed by atoms with Crippen LogP contribution in [0.5, 0.6) is 0 Å². The maximum atomic E-state index is 10.4. The number of carbonyl (C=O) groups is 1. The Balaban J connectivity index is 2.87. The van der Waals surface area contributed by atoms with Gasteiger partial charge in [0.15, 0.2) is 0 Å². The average molecular weight is 203 g/mol. The number of nitrogens with two attached hydrogens (primary N) is 1. The van der Waals surface area contributed by atoms with Crippen LogP contribution in [0.2, 0.25) is 0 Å². The number of amides is 1. The van der Waals surface area contributed by atoms with Crippen LogP contribution in [0.1, 0.15) is 44.9 Å². The number of hydrogen-bond acceptors (Lipinski definition) is 2. The van der Waals surface area contributed by atoms with Crippen LogP contribution < -0.4 is 5.73 Å². The molecule has 0 aromatic carbocycles. The van der Waals surface area contributed by atoms with E-state index in [0.29, 0.717) is 6.42 Å². The van der Waals surface area contributed by atoms with E-state index in [9.17, 15) is 4.79 Å². The molecule has 0 saturated heterocycles. The van der Waals surface area contributed by atoms with Crippen molar-refractivity contribution in [2.75, 3.05) is 12.0 Å². The summed E-state index contributed by atoms with van der Waals surface area (Å²) in [5, 5.41) is 0. The number of unbranched alkanes of at least 4 members (excludes halogenated alkanes) is 5. The van der Waals surface area contributed by atoms with Gasteiger partial charge in [-0.2, -0.15) is 11.8 Å². The first-order valence-electron chi connectivity index (χ1n) is 5.04. The normalized spacial score (nSPS) is 10.2. The Kier molecular flexibility index (Phi) is 9.77. The first kappa shape index (κ1) is 12.8. The fourth-order valence-corrected chi connectivity index (χ4v) is 1.75. The summed E-state index contributed by atoms with van der Waals surface area (Å²) in [6.07, 6.45) is 10.0. The van der Waals surface area contributed by atoms with Crippen LogP contribution in [0.4, 0.5) is 0 Å². The zero-order valence-corrected chi connectivity index (χ0v) is 9.37. The van der Waals surface area contributed by atoms with Crippen molar-refractivity contribution in [1.82, 2.24) is 0 Å². The Morgan fingerprint density at radius 1 is 1.08 bits per heavy atom. The average Bonchev–Trinajstić information content (AvgIpc) is 2.09. The van der Waals surface area contributed by atoms with Gasteiger partial charge in [-0.3, -0.25) is 4.79 Å². The Bertz CT molecular complexity index is 128. The fraction of sp³-hybridized carbons (Fsp3) is 0.900. The Morgan fingerprint density at radius 3 is 2.15 bits per heavy atom. The Labute approximate surface area is 85.6 Å². The maximum absolute atomic E-state index is 10.4. The van der Waals surface area contributed by atoms with Crippen LogP contribution in [-0.2, 0) is 4.79 Å². The third kappa shape index (κ3) is 11.8. The van der Waals surface area contributed by atoms with Crippen LogP contribution in [0.3, 0.4) is 0 Å². The van der Waals surface area contributed by atoms with E-state index in [1.54, 1.807) is 0 Å². The molecule has 0 aromatic heterocycles. The molecule has 0 atom stereocenters. The molecule has 0 aromatic rings. The van der Waals surface area contributed by atoms with Crippen molar-refractivity contribution in [3.8, 4) is 0 Å². The molecule has 3 heteroatoms. The summed E-state index contributed by atoms with van der Waals surface area (Å²) < 4.78 is 0. The van der Waals surface area contributed by atoms with E-state index in [0.717, 1.165) is 12.8 Å².